The summed E-state index contributed by atoms with van der Waals surface area (Å²) in [4.78, 5) is 0. The highest BCUT2D eigenvalue weighted by Crippen LogP contribution is 2.42. The minimum Gasteiger partial charge on any atom is -0.496 e. The molecule has 0 aromatic heterocycles. The minimum absolute atomic E-state index is 0.902. The molecule has 0 saturated heterocycles. The molecule has 1 nitrogen and oxygen atoms in total. The lowest BCUT2D eigenvalue weighted by Crippen LogP contribution is -1.92. The molecular weight excluding hydrogens is 292 g/mol. The number of benzene rings is 4. The summed E-state index contributed by atoms with van der Waals surface area (Å²) in [6.07, 6.45) is 0. The molecule has 4 aromatic carbocycles. The maximum Gasteiger partial charge on any atom is 0.127 e. The van der Waals surface area contributed by atoms with E-state index < -0.39 is 0 Å². The monoisotopic (exact) mass is 310 g/mol. The van der Waals surface area contributed by atoms with Crippen LogP contribution in [-0.4, -0.2) is 7.11 Å². The Hall–Kier alpha value is -3.06. The summed E-state index contributed by atoms with van der Waals surface area (Å²) < 4.78 is 5.77. The van der Waals surface area contributed by atoms with E-state index in [0.717, 1.165) is 11.3 Å². The Labute approximate surface area is 142 Å². The first-order valence-corrected chi connectivity index (χ1v) is 8.09. The summed E-state index contributed by atoms with van der Waals surface area (Å²) in [7, 11) is 1.74. The van der Waals surface area contributed by atoms with Crippen molar-refractivity contribution in [2.45, 2.75) is 0 Å². The Bertz CT molecular complexity index is 973. The Morgan fingerprint density at radius 3 is 1.75 bits per heavy atom. The van der Waals surface area contributed by atoms with Crippen LogP contribution in [0.5, 0.6) is 5.75 Å². The normalized spacial score (nSPS) is 10.7. The lowest BCUT2D eigenvalue weighted by Gasteiger charge is -2.16. The summed E-state index contributed by atoms with van der Waals surface area (Å²) in [6.45, 7) is 0. The van der Waals surface area contributed by atoms with Gasteiger partial charge in [-0.3, -0.25) is 0 Å². The molecule has 4 rings (SSSR count). The van der Waals surface area contributed by atoms with E-state index in [1.807, 2.05) is 12.1 Å². The van der Waals surface area contributed by atoms with Crippen LogP contribution < -0.4 is 4.74 Å². The first-order chi connectivity index (χ1) is 11.9. The summed E-state index contributed by atoms with van der Waals surface area (Å²) in [5.74, 6) is 0.902. The molecule has 0 bridgehead atoms. The number of hydrogen-bond acceptors (Lipinski definition) is 1. The second kappa shape index (κ2) is 6.21. The van der Waals surface area contributed by atoms with Crippen molar-refractivity contribution in [2.24, 2.45) is 0 Å². The SMILES string of the molecule is COc1cc(-c2ccccc2)c2ccccc2c1-c1ccccc1. The Morgan fingerprint density at radius 2 is 1.12 bits per heavy atom. The molecule has 24 heavy (non-hydrogen) atoms. The quantitative estimate of drug-likeness (QED) is 0.439. The maximum atomic E-state index is 5.77. The fourth-order valence-electron chi connectivity index (χ4n) is 3.27. The molecule has 0 aliphatic rings. The van der Waals surface area contributed by atoms with Gasteiger partial charge in [-0.15, -0.1) is 0 Å². The highest BCUT2D eigenvalue weighted by Gasteiger charge is 2.15. The molecule has 0 radical (unpaired) electrons. The van der Waals surface area contributed by atoms with Gasteiger partial charge in [-0.2, -0.15) is 0 Å². The van der Waals surface area contributed by atoms with Crippen LogP contribution in [-0.2, 0) is 0 Å². The largest absolute Gasteiger partial charge is 0.496 e. The molecular formula is C23H18O. The molecule has 4 aromatic rings. The first kappa shape index (κ1) is 14.5. The summed E-state index contributed by atoms with van der Waals surface area (Å²) in [5, 5.41) is 2.45. The van der Waals surface area contributed by atoms with Crippen LogP contribution in [0.1, 0.15) is 0 Å². The van der Waals surface area contributed by atoms with Gasteiger partial charge in [-0.25, -0.2) is 0 Å². The van der Waals surface area contributed by atoms with Crippen molar-refractivity contribution >= 4 is 10.8 Å². The van der Waals surface area contributed by atoms with Gasteiger partial charge in [0.25, 0.3) is 0 Å². The lowest BCUT2D eigenvalue weighted by molar-refractivity contribution is 0.417. The van der Waals surface area contributed by atoms with E-state index in [1.165, 1.54) is 27.5 Å². The van der Waals surface area contributed by atoms with Crippen molar-refractivity contribution in [1.82, 2.24) is 0 Å². The second-order valence-electron chi connectivity index (χ2n) is 5.78. The van der Waals surface area contributed by atoms with Gasteiger partial charge in [-0.05, 0) is 33.5 Å². The van der Waals surface area contributed by atoms with Crippen LogP contribution in [0, 0.1) is 0 Å². The van der Waals surface area contributed by atoms with Gasteiger partial charge in [-0.1, -0.05) is 84.9 Å². The minimum atomic E-state index is 0.902. The van der Waals surface area contributed by atoms with E-state index in [9.17, 15) is 0 Å². The van der Waals surface area contributed by atoms with Crippen molar-refractivity contribution in [3.05, 3.63) is 91.0 Å². The zero-order chi connectivity index (χ0) is 16.4. The van der Waals surface area contributed by atoms with Crippen LogP contribution in [0.3, 0.4) is 0 Å². The van der Waals surface area contributed by atoms with Crippen molar-refractivity contribution in [1.29, 1.82) is 0 Å². The van der Waals surface area contributed by atoms with Crippen LogP contribution in [0.4, 0.5) is 0 Å². The van der Waals surface area contributed by atoms with E-state index in [4.69, 9.17) is 4.74 Å². The molecule has 0 fully saturated rings. The molecule has 0 amide bonds. The predicted octanol–water partition coefficient (Wildman–Crippen LogP) is 6.18. The maximum absolute atomic E-state index is 5.77. The Kier molecular flexibility index (Phi) is 3.76. The molecule has 116 valence electrons. The molecule has 0 N–H and O–H groups in total. The van der Waals surface area contributed by atoms with Gasteiger partial charge in [0.15, 0.2) is 0 Å². The molecule has 0 atom stereocenters. The van der Waals surface area contributed by atoms with E-state index in [1.54, 1.807) is 7.11 Å². The summed E-state index contributed by atoms with van der Waals surface area (Å²) in [5.41, 5.74) is 4.72. The molecule has 0 aliphatic heterocycles. The van der Waals surface area contributed by atoms with Gasteiger partial charge in [0.2, 0.25) is 0 Å². The van der Waals surface area contributed by atoms with E-state index in [-0.39, 0.29) is 0 Å². The van der Waals surface area contributed by atoms with Crippen molar-refractivity contribution < 1.29 is 4.74 Å². The zero-order valence-electron chi connectivity index (χ0n) is 13.6. The third-order valence-corrected chi connectivity index (χ3v) is 4.38. The molecule has 0 heterocycles. The first-order valence-electron chi connectivity index (χ1n) is 8.09. The number of hydrogen-bond donors (Lipinski definition) is 0. The van der Waals surface area contributed by atoms with Gasteiger partial charge in [0.05, 0.1) is 7.11 Å². The molecule has 0 spiro atoms. The van der Waals surface area contributed by atoms with Crippen LogP contribution >= 0.6 is 0 Å². The average Bonchev–Trinajstić information content (AvgIpc) is 2.68. The van der Waals surface area contributed by atoms with Crippen LogP contribution in [0.25, 0.3) is 33.0 Å². The number of methoxy groups -OCH3 is 1. The highest BCUT2D eigenvalue weighted by molar-refractivity contribution is 6.07. The van der Waals surface area contributed by atoms with Crippen LogP contribution in [0.15, 0.2) is 91.0 Å². The molecule has 0 saturated carbocycles. The van der Waals surface area contributed by atoms with E-state index in [2.05, 4.69) is 78.9 Å². The number of ether oxygens (including phenoxy) is 1. The van der Waals surface area contributed by atoms with Crippen molar-refractivity contribution in [3.8, 4) is 28.0 Å². The van der Waals surface area contributed by atoms with E-state index >= 15 is 0 Å². The summed E-state index contributed by atoms with van der Waals surface area (Å²) >= 11 is 0. The van der Waals surface area contributed by atoms with Crippen molar-refractivity contribution in [3.63, 3.8) is 0 Å². The molecule has 0 aliphatic carbocycles. The fourth-order valence-corrected chi connectivity index (χ4v) is 3.27. The molecule has 0 unspecified atom stereocenters. The topological polar surface area (TPSA) is 9.23 Å². The predicted molar refractivity (Wildman–Crippen MR) is 101 cm³/mol. The fraction of sp³-hybridized carbons (Fsp3) is 0.0435. The lowest BCUT2D eigenvalue weighted by atomic mass is 9.91. The third kappa shape index (κ3) is 2.44. The zero-order valence-corrected chi connectivity index (χ0v) is 13.6. The van der Waals surface area contributed by atoms with Gasteiger partial charge in [0.1, 0.15) is 5.75 Å². The van der Waals surface area contributed by atoms with E-state index in [0.29, 0.717) is 0 Å². The standard InChI is InChI=1S/C23H18O/c1-24-22-16-21(17-10-4-2-5-11-17)19-14-8-9-15-20(19)23(22)18-12-6-3-7-13-18/h2-16H,1H3. The second-order valence-corrected chi connectivity index (χ2v) is 5.78. The van der Waals surface area contributed by atoms with Gasteiger partial charge >= 0.3 is 0 Å². The third-order valence-electron chi connectivity index (χ3n) is 4.38. The smallest absolute Gasteiger partial charge is 0.127 e. The number of rotatable bonds is 3. The number of fused-ring (bicyclic) bond motifs is 1. The van der Waals surface area contributed by atoms with Crippen LogP contribution in [0.2, 0.25) is 0 Å². The molecule has 1 heteroatoms. The van der Waals surface area contributed by atoms with Gasteiger partial charge in [0, 0.05) is 5.56 Å². The Balaban J connectivity index is 2.09. The Morgan fingerprint density at radius 1 is 0.583 bits per heavy atom. The highest BCUT2D eigenvalue weighted by atomic mass is 16.5. The van der Waals surface area contributed by atoms with Crippen molar-refractivity contribution in [2.75, 3.05) is 7.11 Å². The van der Waals surface area contributed by atoms with Gasteiger partial charge < -0.3 is 4.74 Å². The summed E-state index contributed by atoms with van der Waals surface area (Å²) in [6, 6.07) is 31.6. The average molecular weight is 310 g/mol.